The van der Waals surface area contributed by atoms with E-state index in [0.29, 0.717) is 12.8 Å². The van der Waals surface area contributed by atoms with Crippen LogP contribution >= 0.6 is 0 Å². The number of hydrogen-bond acceptors (Lipinski definition) is 7. The fraction of sp³-hybridized carbons (Fsp3) is 0.800. The number of ether oxygens (including phenoxy) is 4. The molecule has 2 bridgehead atoms. The number of cyclic esters (lactones) is 2. The summed E-state index contributed by atoms with van der Waals surface area (Å²) in [6, 6.07) is 0. The van der Waals surface area contributed by atoms with Gasteiger partial charge in [0.05, 0.1) is 24.1 Å². The lowest BCUT2D eigenvalue weighted by Gasteiger charge is -2.51. The predicted molar refractivity (Wildman–Crippen MR) is 99.3 cm³/mol. The van der Waals surface area contributed by atoms with Gasteiger partial charge < -0.3 is 23.4 Å². The second-order valence-electron chi connectivity index (χ2n) is 10.2. The summed E-state index contributed by atoms with van der Waals surface area (Å²) in [6.07, 6.45) is 1.89. The van der Waals surface area contributed by atoms with E-state index in [9.17, 15) is 9.59 Å². The van der Waals surface area contributed by atoms with Crippen molar-refractivity contribution in [3.8, 4) is 0 Å². The maximum absolute atomic E-state index is 13.3. The minimum Gasteiger partial charge on any atom is -0.547 e. The molecule has 2 aliphatic heterocycles. The Hall–Kier alpha value is -1.22. The maximum atomic E-state index is 13.3. The second-order valence-corrected chi connectivity index (χ2v) is 14.6. The van der Waals surface area contributed by atoms with E-state index in [1.54, 1.807) is 7.11 Å². The Kier molecular flexibility index (Phi) is 3.54. The van der Waals surface area contributed by atoms with E-state index in [-0.39, 0.29) is 24.0 Å². The van der Waals surface area contributed by atoms with E-state index >= 15 is 0 Å². The van der Waals surface area contributed by atoms with Crippen LogP contribution in [0.25, 0.3) is 0 Å². The van der Waals surface area contributed by atoms with Gasteiger partial charge in [0.15, 0.2) is 5.79 Å². The zero-order valence-electron chi connectivity index (χ0n) is 17.2. The number of carbonyl (C=O) groups excluding carboxylic acids is 2. The lowest BCUT2D eigenvalue weighted by atomic mass is 9.50. The number of hydrogen-bond donors (Lipinski definition) is 0. The average molecular weight is 409 g/mol. The molecule has 4 fully saturated rings. The van der Waals surface area contributed by atoms with Gasteiger partial charge in [0.1, 0.15) is 10.8 Å². The van der Waals surface area contributed by atoms with Gasteiger partial charge in [0.25, 0.3) is 0 Å². The van der Waals surface area contributed by atoms with E-state index in [1.165, 1.54) is 0 Å². The molecule has 2 saturated carbocycles. The second kappa shape index (κ2) is 5.27. The van der Waals surface area contributed by atoms with Gasteiger partial charge in [-0.2, -0.15) is 0 Å². The molecule has 6 unspecified atom stereocenters. The average Bonchev–Trinajstić information content (AvgIpc) is 3.21. The molecule has 7 atom stereocenters. The van der Waals surface area contributed by atoms with E-state index in [2.05, 4.69) is 19.6 Å². The summed E-state index contributed by atoms with van der Waals surface area (Å²) < 4.78 is 29.8. The molecular formula is C20H28O7Si. The Morgan fingerprint density at radius 3 is 2.32 bits per heavy atom. The first-order chi connectivity index (χ1) is 13.0. The lowest BCUT2D eigenvalue weighted by Crippen LogP contribution is -2.64. The zero-order chi connectivity index (χ0) is 20.3. The van der Waals surface area contributed by atoms with Gasteiger partial charge in [-0.1, -0.05) is 0 Å². The molecule has 28 heavy (non-hydrogen) atoms. The molecule has 8 heteroatoms. The van der Waals surface area contributed by atoms with E-state index < -0.39 is 43.0 Å². The van der Waals surface area contributed by atoms with E-state index in [0.717, 1.165) is 5.76 Å². The fourth-order valence-corrected chi connectivity index (χ4v) is 7.67. The summed E-state index contributed by atoms with van der Waals surface area (Å²) in [5.74, 6) is -1.28. The quantitative estimate of drug-likeness (QED) is 0.403. The topological polar surface area (TPSA) is 80.3 Å². The number of allylic oxidation sites excluding steroid dienone is 1. The summed E-state index contributed by atoms with van der Waals surface area (Å²) >= 11 is 0. The third kappa shape index (κ3) is 2.00. The van der Waals surface area contributed by atoms with Crippen molar-refractivity contribution in [2.24, 2.45) is 22.7 Å². The van der Waals surface area contributed by atoms with Crippen molar-refractivity contribution in [3.05, 3.63) is 11.8 Å². The Bertz CT molecular complexity index is 799. The van der Waals surface area contributed by atoms with Crippen LogP contribution in [0.4, 0.5) is 0 Å². The third-order valence-electron chi connectivity index (χ3n) is 7.24. The van der Waals surface area contributed by atoms with Gasteiger partial charge in [0, 0.05) is 25.4 Å². The van der Waals surface area contributed by atoms with Gasteiger partial charge in [0.2, 0.25) is 8.32 Å². The number of esters is 2. The van der Waals surface area contributed by atoms with Gasteiger partial charge in [-0.25, -0.2) is 0 Å². The fourth-order valence-electron chi connectivity index (χ4n) is 6.74. The van der Waals surface area contributed by atoms with Crippen LogP contribution in [0.2, 0.25) is 19.6 Å². The van der Waals surface area contributed by atoms with Crippen LogP contribution in [-0.4, -0.2) is 51.5 Å². The molecule has 0 spiro atoms. The molecule has 154 valence electrons. The first-order valence-electron chi connectivity index (χ1n) is 10.0. The van der Waals surface area contributed by atoms with E-state index in [4.69, 9.17) is 23.4 Å². The van der Waals surface area contributed by atoms with Crippen molar-refractivity contribution in [1.82, 2.24) is 0 Å². The highest BCUT2D eigenvalue weighted by molar-refractivity contribution is 6.70. The highest BCUT2D eigenvalue weighted by Gasteiger charge is 2.88. The SMILES string of the molecule is CO[C@H]1C=C(O[Si](C)(C)C)CC23C(=O)OC(=O)C12C1CC3C2OC(C)(C)OC21. The highest BCUT2D eigenvalue weighted by atomic mass is 28.4. The van der Waals surface area contributed by atoms with Gasteiger partial charge in [-0.3, -0.25) is 9.59 Å². The van der Waals surface area contributed by atoms with Crippen molar-refractivity contribution in [3.63, 3.8) is 0 Å². The monoisotopic (exact) mass is 408 g/mol. The number of rotatable bonds is 3. The van der Waals surface area contributed by atoms with Crippen molar-refractivity contribution in [2.75, 3.05) is 7.11 Å². The van der Waals surface area contributed by atoms with Crippen LogP contribution in [0.15, 0.2) is 11.8 Å². The number of fused-ring (bicyclic) bond motifs is 5. The largest absolute Gasteiger partial charge is 0.547 e. The molecule has 0 aromatic carbocycles. The van der Waals surface area contributed by atoms with Crippen molar-refractivity contribution < 1.29 is 33.0 Å². The summed E-state index contributed by atoms with van der Waals surface area (Å²) in [5, 5.41) is 0. The molecule has 0 radical (unpaired) electrons. The lowest BCUT2D eigenvalue weighted by molar-refractivity contribution is -0.175. The van der Waals surface area contributed by atoms with Crippen LogP contribution in [0, 0.1) is 22.7 Å². The zero-order valence-corrected chi connectivity index (χ0v) is 18.2. The Labute approximate surface area is 165 Å². The van der Waals surface area contributed by atoms with E-state index in [1.807, 2.05) is 19.9 Å². The van der Waals surface area contributed by atoms with Crippen molar-refractivity contribution in [1.29, 1.82) is 0 Å². The molecule has 0 aromatic heterocycles. The summed E-state index contributed by atoms with van der Waals surface area (Å²) in [7, 11) is -0.330. The Balaban J connectivity index is 1.68. The van der Waals surface area contributed by atoms with Crippen molar-refractivity contribution in [2.45, 2.75) is 70.4 Å². The molecule has 5 aliphatic rings. The van der Waals surface area contributed by atoms with Crippen LogP contribution in [0.5, 0.6) is 0 Å². The summed E-state index contributed by atoms with van der Waals surface area (Å²) in [5.41, 5.74) is -2.08. The molecule has 3 aliphatic carbocycles. The van der Waals surface area contributed by atoms with Crippen molar-refractivity contribution >= 4 is 20.3 Å². The Morgan fingerprint density at radius 2 is 1.71 bits per heavy atom. The molecule has 5 rings (SSSR count). The van der Waals surface area contributed by atoms with Crippen LogP contribution in [-0.2, 0) is 33.0 Å². The minimum absolute atomic E-state index is 0.158. The van der Waals surface area contributed by atoms with Gasteiger partial charge in [-0.05, 0) is 46.0 Å². The van der Waals surface area contributed by atoms with Crippen LogP contribution in [0.1, 0.15) is 26.7 Å². The summed E-state index contributed by atoms with van der Waals surface area (Å²) in [4.78, 5) is 26.5. The molecular weight excluding hydrogens is 380 g/mol. The third-order valence-corrected chi connectivity index (χ3v) is 8.11. The maximum Gasteiger partial charge on any atom is 0.324 e. The number of methoxy groups -OCH3 is 1. The molecule has 0 N–H and O–H groups in total. The molecule has 0 aromatic rings. The van der Waals surface area contributed by atoms with Crippen LogP contribution in [0.3, 0.4) is 0 Å². The molecule has 2 saturated heterocycles. The highest BCUT2D eigenvalue weighted by Crippen LogP contribution is 2.76. The minimum atomic E-state index is -1.91. The van der Waals surface area contributed by atoms with Gasteiger partial charge >= 0.3 is 11.9 Å². The van der Waals surface area contributed by atoms with Gasteiger partial charge in [-0.15, -0.1) is 0 Å². The number of carbonyl (C=O) groups is 2. The van der Waals surface area contributed by atoms with Crippen LogP contribution < -0.4 is 0 Å². The molecule has 0 amide bonds. The standard InChI is InChI=1S/C20H28O7Si/c1-18(2)25-14-11-8-12(15(14)26-18)20-13(23-3)7-10(27-28(4,5)6)9-19(11,20)16(21)24-17(20)22/h7,11-15H,8-9H2,1-6H3/t11?,12?,13-,14?,15?,19?,20?/m0/s1. The first-order valence-corrected chi connectivity index (χ1v) is 13.4. The smallest absolute Gasteiger partial charge is 0.324 e. The summed E-state index contributed by atoms with van der Waals surface area (Å²) in [6.45, 7) is 10.1. The molecule has 2 heterocycles. The molecule has 7 nitrogen and oxygen atoms in total. The first kappa shape index (κ1) is 18.8. The predicted octanol–water partition coefficient (Wildman–Crippen LogP) is 2.37. The normalized spacial score (nSPS) is 48.1. The Morgan fingerprint density at radius 1 is 1.07 bits per heavy atom.